The zero-order valence-electron chi connectivity index (χ0n) is 9.02. The van der Waals surface area contributed by atoms with Crippen molar-refractivity contribution in [2.24, 2.45) is 11.7 Å². The largest absolute Gasteiger partial charge is 0.394 e. The Morgan fingerprint density at radius 2 is 2.27 bits per heavy atom. The first-order valence-corrected chi connectivity index (χ1v) is 5.39. The first-order chi connectivity index (χ1) is 7.04. The highest BCUT2D eigenvalue weighted by Gasteiger charge is 2.27. The Morgan fingerprint density at radius 1 is 1.60 bits per heavy atom. The van der Waals surface area contributed by atoms with Gasteiger partial charge in [-0.15, -0.1) is 0 Å². The number of nitrogens with one attached hydrogen (secondary N) is 1. The van der Waals surface area contributed by atoms with Crippen LogP contribution in [0.3, 0.4) is 0 Å². The molecule has 1 amide bonds. The summed E-state index contributed by atoms with van der Waals surface area (Å²) in [5.41, 5.74) is 5.38. The van der Waals surface area contributed by atoms with Gasteiger partial charge in [-0.05, 0) is 25.2 Å². The van der Waals surface area contributed by atoms with Gasteiger partial charge in [-0.1, -0.05) is 6.92 Å². The summed E-state index contributed by atoms with van der Waals surface area (Å²) in [4.78, 5) is 11.4. The number of rotatable bonds is 3. The van der Waals surface area contributed by atoms with E-state index in [1.54, 1.807) is 0 Å². The summed E-state index contributed by atoms with van der Waals surface area (Å²) in [6.07, 6.45) is 1.99. The zero-order chi connectivity index (χ0) is 11.4. The molecule has 0 saturated heterocycles. The second-order valence-corrected chi connectivity index (χ2v) is 4.35. The third-order valence-electron chi connectivity index (χ3n) is 3.00. The standard InChI is InChI=1S/C10H20N2O3/c1-6-4-7(2-3-9(6)14)12-10(15)8(11)5-13/h6-9,13-14H,2-5,11H2,1H3,(H,12,15)/t6-,7-,8+,9-/m0/s1. The van der Waals surface area contributed by atoms with Crippen LogP contribution >= 0.6 is 0 Å². The molecule has 0 aromatic carbocycles. The summed E-state index contributed by atoms with van der Waals surface area (Å²) in [6.45, 7) is 1.63. The average molecular weight is 216 g/mol. The molecule has 88 valence electrons. The van der Waals surface area contributed by atoms with Gasteiger partial charge in [0.15, 0.2) is 0 Å². The molecule has 0 unspecified atom stereocenters. The lowest BCUT2D eigenvalue weighted by molar-refractivity contribution is -0.124. The van der Waals surface area contributed by atoms with E-state index >= 15 is 0 Å². The van der Waals surface area contributed by atoms with Crippen molar-refractivity contribution in [3.63, 3.8) is 0 Å². The normalized spacial score (nSPS) is 33.5. The number of aliphatic hydroxyl groups excluding tert-OH is 2. The fourth-order valence-corrected chi connectivity index (χ4v) is 1.90. The molecule has 1 aliphatic carbocycles. The van der Waals surface area contributed by atoms with Crippen LogP contribution in [-0.2, 0) is 4.79 Å². The number of nitrogens with two attached hydrogens (primary N) is 1. The molecule has 0 bridgehead atoms. The van der Waals surface area contributed by atoms with E-state index in [0.29, 0.717) is 6.42 Å². The second kappa shape index (κ2) is 5.44. The van der Waals surface area contributed by atoms with Crippen LogP contribution in [0.15, 0.2) is 0 Å². The van der Waals surface area contributed by atoms with Gasteiger partial charge in [0, 0.05) is 6.04 Å². The maximum atomic E-state index is 11.4. The Hall–Kier alpha value is -0.650. The van der Waals surface area contributed by atoms with Gasteiger partial charge in [0.05, 0.1) is 12.7 Å². The number of aliphatic hydroxyl groups is 2. The van der Waals surface area contributed by atoms with E-state index in [9.17, 15) is 9.90 Å². The highest BCUT2D eigenvalue weighted by atomic mass is 16.3. The van der Waals surface area contributed by atoms with Crippen LogP contribution < -0.4 is 11.1 Å². The van der Waals surface area contributed by atoms with E-state index in [-0.39, 0.29) is 30.6 Å². The Balaban J connectivity index is 2.36. The topological polar surface area (TPSA) is 95.6 Å². The van der Waals surface area contributed by atoms with Crippen molar-refractivity contribution in [3.8, 4) is 0 Å². The van der Waals surface area contributed by atoms with Crippen molar-refractivity contribution >= 4 is 5.91 Å². The van der Waals surface area contributed by atoms with Crippen LogP contribution in [0.25, 0.3) is 0 Å². The first-order valence-electron chi connectivity index (χ1n) is 5.39. The van der Waals surface area contributed by atoms with Gasteiger partial charge in [0.1, 0.15) is 6.04 Å². The number of amides is 1. The summed E-state index contributed by atoms with van der Waals surface area (Å²) in [6, 6.07) is -0.763. The zero-order valence-corrected chi connectivity index (χ0v) is 9.02. The molecule has 0 heterocycles. The summed E-state index contributed by atoms with van der Waals surface area (Å²) < 4.78 is 0. The third kappa shape index (κ3) is 3.44. The van der Waals surface area contributed by atoms with E-state index in [4.69, 9.17) is 10.8 Å². The molecule has 5 nitrogen and oxygen atoms in total. The maximum Gasteiger partial charge on any atom is 0.239 e. The number of hydrogen-bond donors (Lipinski definition) is 4. The molecule has 4 atom stereocenters. The fraction of sp³-hybridized carbons (Fsp3) is 0.900. The number of hydrogen-bond acceptors (Lipinski definition) is 4. The summed E-state index contributed by atoms with van der Waals surface area (Å²) in [5.74, 6) is -0.111. The van der Waals surface area contributed by atoms with Gasteiger partial charge in [0.2, 0.25) is 5.91 Å². The predicted molar refractivity (Wildman–Crippen MR) is 56.0 cm³/mol. The van der Waals surface area contributed by atoms with Gasteiger partial charge in [-0.3, -0.25) is 4.79 Å². The fourth-order valence-electron chi connectivity index (χ4n) is 1.90. The molecule has 0 aromatic rings. The third-order valence-corrected chi connectivity index (χ3v) is 3.00. The van der Waals surface area contributed by atoms with Gasteiger partial charge >= 0.3 is 0 Å². The summed E-state index contributed by atoms with van der Waals surface area (Å²) >= 11 is 0. The molecular formula is C10H20N2O3. The van der Waals surface area contributed by atoms with E-state index < -0.39 is 6.04 Å². The van der Waals surface area contributed by atoms with Crippen LogP contribution in [0.1, 0.15) is 26.2 Å². The molecule has 1 saturated carbocycles. The average Bonchev–Trinajstić information content (AvgIpc) is 2.22. The lowest BCUT2D eigenvalue weighted by Crippen LogP contribution is -2.49. The molecule has 5 N–H and O–H groups in total. The maximum absolute atomic E-state index is 11.4. The minimum Gasteiger partial charge on any atom is -0.394 e. The molecule has 0 aliphatic heterocycles. The Kier molecular flexibility index (Phi) is 4.50. The number of carbonyl (C=O) groups excluding carboxylic acids is 1. The van der Waals surface area contributed by atoms with Crippen molar-refractivity contribution in [2.45, 2.75) is 44.4 Å². The van der Waals surface area contributed by atoms with Crippen molar-refractivity contribution in [1.29, 1.82) is 0 Å². The smallest absolute Gasteiger partial charge is 0.239 e. The quantitative estimate of drug-likeness (QED) is 0.485. The summed E-state index contributed by atoms with van der Waals surface area (Å²) in [5, 5.41) is 21.0. The first kappa shape index (κ1) is 12.4. The van der Waals surface area contributed by atoms with Crippen molar-refractivity contribution in [1.82, 2.24) is 5.32 Å². The molecule has 0 radical (unpaired) electrons. The van der Waals surface area contributed by atoms with Crippen molar-refractivity contribution in [2.75, 3.05) is 6.61 Å². The lowest BCUT2D eigenvalue weighted by atomic mass is 9.84. The minimum atomic E-state index is -0.841. The summed E-state index contributed by atoms with van der Waals surface area (Å²) in [7, 11) is 0. The predicted octanol–water partition coefficient (Wildman–Crippen LogP) is -1.03. The Morgan fingerprint density at radius 3 is 2.80 bits per heavy atom. The monoisotopic (exact) mass is 216 g/mol. The van der Waals surface area contributed by atoms with E-state index in [1.807, 2.05) is 6.92 Å². The van der Waals surface area contributed by atoms with Gasteiger partial charge in [0.25, 0.3) is 0 Å². The molecule has 5 heteroatoms. The van der Waals surface area contributed by atoms with Gasteiger partial charge in [-0.25, -0.2) is 0 Å². The Labute approximate surface area is 89.7 Å². The number of carbonyl (C=O) groups is 1. The van der Waals surface area contributed by atoms with Crippen molar-refractivity contribution in [3.05, 3.63) is 0 Å². The lowest BCUT2D eigenvalue weighted by Gasteiger charge is -2.32. The molecule has 1 rings (SSSR count). The molecule has 15 heavy (non-hydrogen) atoms. The van der Waals surface area contributed by atoms with E-state index in [2.05, 4.69) is 5.32 Å². The SMILES string of the molecule is C[C@H]1C[C@@H](NC(=O)[C@H](N)CO)CC[C@@H]1O. The van der Waals surface area contributed by atoms with Gasteiger partial charge < -0.3 is 21.3 Å². The van der Waals surface area contributed by atoms with Crippen LogP contribution in [0, 0.1) is 5.92 Å². The van der Waals surface area contributed by atoms with Gasteiger partial charge in [-0.2, -0.15) is 0 Å². The van der Waals surface area contributed by atoms with Crippen LogP contribution in [0.5, 0.6) is 0 Å². The highest BCUT2D eigenvalue weighted by Crippen LogP contribution is 2.24. The van der Waals surface area contributed by atoms with Crippen molar-refractivity contribution < 1.29 is 15.0 Å². The van der Waals surface area contributed by atoms with Crippen LogP contribution in [0.2, 0.25) is 0 Å². The van der Waals surface area contributed by atoms with E-state index in [1.165, 1.54) is 0 Å². The molecule has 1 fully saturated rings. The van der Waals surface area contributed by atoms with Crippen LogP contribution in [0.4, 0.5) is 0 Å². The molecule has 1 aliphatic rings. The van der Waals surface area contributed by atoms with E-state index in [0.717, 1.165) is 12.8 Å². The van der Waals surface area contributed by atoms with Crippen LogP contribution in [-0.4, -0.2) is 40.9 Å². The highest BCUT2D eigenvalue weighted by molar-refractivity contribution is 5.81. The molecule has 0 aromatic heterocycles. The molecular weight excluding hydrogens is 196 g/mol. The second-order valence-electron chi connectivity index (χ2n) is 4.35. The minimum absolute atomic E-state index is 0.0773. The molecule has 0 spiro atoms. The Bertz CT molecular complexity index is 223.